The zero-order valence-electron chi connectivity index (χ0n) is 8.66. The second kappa shape index (κ2) is 4.91. The zero-order chi connectivity index (χ0) is 13.2. The molecule has 1 N–H and O–H groups in total. The van der Waals surface area contributed by atoms with Crippen molar-refractivity contribution in [3.05, 3.63) is 28.5 Å². The number of hydrogen-bond acceptors (Lipinski definition) is 1. The summed E-state index contributed by atoms with van der Waals surface area (Å²) in [5.41, 5.74) is -1.64. The molecule has 1 amide bonds. The Balaban J connectivity index is 3.14. The van der Waals surface area contributed by atoms with E-state index >= 15 is 0 Å². The maximum atomic E-state index is 13.2. The minimum atomic E-state index is -4.82. The number of amides is 1. The van der Waals surface area contributed by atoms with E-state index in [0.717, 1.165) is 0 Å². The molecule has 0 aliphatic carbocycles. The SMILES string of the molecule is CCC(=O)Nc1cc(F)c(C(F)(F)F)cc1Cl. The maximum absolute atomic E-state index is 13.2. The quantitative estimate of drug-likeness (QED) is 0.812. The summed E-state index contributed by atoms with van der Waals surface area (Å²) in [4.78, 5) is 11.0. The molecule has 0 aliphatic heterocycles. The lowest BCUT2D eigenvalue weighted by Gasteiger charge is -2.11. The highest BCUT2D eigenvalue weighted by atomic mass is 35.5. The zero-order valence-corrected chi connectivity index (χ0v) is 9.42. The number of hydrogen-bond donors (Lipinski definition) is 1. The fourth-order valence-electron chi connectivity index (χ4n) is 1.10. The molecule has 94 valence electrons. The third kappa shape index (κ3) is 3.33. The smallest absolute Gasteiger partial charge is 0.325 e. The molecule has 1 rings (SSSR count). The van der Waals surface area contributed by atoms with Gasteiger partial charge in [0, 0.05) is 6.42 Å². The third-order valence-corrected chi connectivity index (χ3v) is 2.27. The van der Waals surface area contributed by atoms with Gasteiger partial charge in [0.15, 0.2) is 0 Å². The first-order chi connectivity index (χ1) is 7.75. The molecule has 0 heterocycles. The number of carbonyl (C=O) groups is 1. The molecule has 7 heteroatoms. The average molecular weight is 270 g/mol. The number of anilines is 1. The average Bonchev–Trinajstić information content (AvgIpc) is 2.21. The molecule has 0 aliphatic rings. The second-order valence-electron chi connectivity index (χ2n) is 3.21. The normalized spacial score (nSPS) is 11.4. The van der Waals surface area contributed by atoms with Crippen LogP contribution in [0.25, 0.3) is 0 Å². The number of halogens is 5. The van der Waals surface area contributed by atoms with Crippen LogP contribution in [0.1, 0.15) is 18.9 Å². The van der Waals surface area contributed by atoms with Crippen LogP contribution in [0, 0.1) is 5.82 Å². The van der Waals surface area contributed by atoms with E-state index in [0.29, 0.717) is 12.1 Å². The van der Waals surface area contributed by atoms with Gasteiger partial charge < -0.3 is 5.32 Å². The highest BCUT2D eigenvalue weighted by Gasteiger charge is 2.34. The molecule has 0 bridgehead atoms. The summed E-state index contributed by atoms with van der Waals surface area (Å²) in [5, 5.41) is 1.84. The lowest BCUT2D eigenvalue weighted by Crippen LogP contribution is -2.13. The van der Waals surface area contributed by atoms with E-state index in [4.69, 9.17) is 11.6 Å². The van der Waals surface area contributed by atoms with E-state index in [-0.39, 0.29) is 17.1 Å². The van der Waals surface area contributed by atoms with Crippen LogP contribution in [-0.2, 0) is 11.0 Å². The van der Waals surface area contributed by atoms with Gasteiger partial charge >= 0.3 is 6.18 Å². The van der Waals surface area contributed by atoms with Crippen LogP contribution < -0.4 is 5.32 Å². The highest BCUT2D eigenvalue weighted by molar-refractivity contribution is 6.33. The first-order valence-corrected chi connectivity index (χ1v) is 4.99. The predicted molar refractivity (Wildman–Crippen MR) is 55.3 cm³/mol. The van der Waals surface area contributed by atoms with Gasteiger partial charge in [0.1, 0.15) is 5.82 Å². The molecule has 0 atom stereocenters. The van der Waals surface area contributed by atoms with Gasteiger partial charge in [-0.2, -0.15) is 13.2 Å². The van der Waals surface area contributed by atoms with Crippen LogP contribution in [0.2, 0.25) is 5.02 Å². The molecule has 0 saturated carbocycles. The summed E-state index contributed by atoms with van der Waals surface area (Å²) in [6.45, 7) is 1.55. The number of rotatable bonds is 2. The van der Waals surface area contributed by atoms with Crippen molar-refractivity contribution in [3.63, 3.8) is 0 Å². The van der Waals surface area contributed by atoms with Crippen molar-refractivity contribution in [3.8, 4) is 0 Å². The molecule has 17 heavy (non-hydrogen) atoms. The van der Waals surface area contributed by atoms with Gasteiger partial charge in [-0.1, -0.05) is 18.5 Å². The first kappa shape index (κ1) is 13.8. The van der Waals surface area contributed by atoms with Crippen LogP contribution in [0.4, 0.5) is 23.2 Å². The Morgan fingerprint density at radius 1 is 1.41 bits per heavy atom. The molecule has 0 unspecified atom stereocenters. The number of alkyl halides is 3. The van der Waals surface area contributed by atoms with E-state index in [9.17, 15) is 22.4 Å². The van der Waals surface area contributed by atoms with Crippen molar-refractivity contribution < 1.29 is 22.4 Å². The van der Waals surface area contributed by atoms with E-state index in [1.54, 1.807) is 6.92 Å². The summed E-state index contributed by atoms with van der Waals surface area (Å²) in [5.74, 6) is -1.95. The summed E-state index contributed by atoms with van der Waals surface area (Å²) >= 11 is 5.53. The number of carbonyl (C=O) groups excluding carboxylic acids is 1. The van der Waals surface area contributed by atoms with Crippen molar-refractivity contribution in [2.45, 2.75) is 19.5 Å². The van der Waals surface area contributed by atoms with E-state index in [1.165, 1.54) is 0 Å². The van der Waals surface area contributed by atoms with Gasteiger partial charge in [0.2, 0.25) is 5.91 Å². The summed E-state index contributed by atoms with van der Waals surface area (Å²) in [6.07, 6.45) is -4.71. The lowest BCUT2D eigenvalue weighted by atomic mass is 10.2. The van der Waals surface area contributed by atoms with Gasteiger partial charge in [-0.15, -0.1) is 0 Å². The van der Waals surface area contributed by atoms with Crippen molar-refractivity contribution in [2.75, 3.05) is 5.32 Å². The van der Waals surface area contributed by atoms with Gasteiger partial charge in [-0.25, -0.2) is 4.39 Å². The van der Waals surface area contributed by atoms with E-state index in [2.05, 4.69) is 5.32 Å². The molecule has 0 fully saturated rings. The Hall–Kier alpha value is -1.30. The van der Waals surface area contributed by atoms with E-state index in [1.807, 2.05) is 0 Å². The Morgan fingerprint density at radius 3 is 2.47 bits per heavy atom. The van der Waals surface area contributed by atoms with Crippen molar-refractivity contribution in [1.82, 2.24) is 0 Å². The molecule has 0 radical (unpaired) electrons. The molecule has 0 spiro atoms. The van der Waals surface area contributed by atoms with Gasteiger partial charge in [-0.05, 0) is 12.1 Å². The van der Waals surface area contributed by atoms with Crippen LogP contribution in [0.15, 0.2) is 12.1 Å². The van der Waals surface area contributed by atoms with E-state index < -0.39 is 23.5 Å². The fourth-order valence-corrected chi connectivity index (χ4v) is 1.31. The summed E-state index contributed by atoms with van der Waals surface area (Å²) in [7, 11) is 0. The third-order valence-electron chi connectivity index (χ3n) is 1.96. The molecule has 2 nitrogen and oxygen atoms in total. The molecule has 1 aromatic carbocycles. The second-order valence-corrected chi connectivity index (χ2v) is 3.62. The molecule has 0 saturated heterocycles. The van der Waals surface area contributed by atoms with Gasteiger partial charge in [0.25, 0.3) is 0 Å². The molecular weight excluding hydrogens is 262 g/mol. The Labute approximate surface area is 99.6 Å². The predicted octanol–water partition coefficient (Wildman–Crippen LogP) is 3.85. The Kier molecular flexibility index (Phi) is 3.98. The summed E-state index contributed by atoms with van der Waals surface area (Å²) in [6, 6.07) is 1.00. The Morgan fingerprint density at radius 2 is 2.00 bits per heavy atom. The number of benzene rings is 1. The molecular formula is C10H8ClF4NO. The minimum absolute atomic E-state index is 0.110. The monoisotopic (exact) mass is 269 g/mol. The lowest BCUT2D eigenvalue weighted by molar-refractivity contribution is -0.139. The van der Waals surface area contributed by atoms with Crippen LogP contribution in [0.5, 0.6) is 0 Å². The van der Waals surface area contributed by atoms with Crippen molar-refractivity contribution in [1.29, 1.82) is 0 Å². The minimum Gasteiger partial charge on any atom is -0.325 e. The molecule has 1 aromatic rings. The van der Waals surface area contributed by atoms with Crippen LogP contribution in [0.3, 0.4) is 0 Å². The van der Waals surface area contributed by atoms with Crippen LogP contribution >= 0.6 is 11.6 Å². The van der Waals surface area contributed by atoms with Crippen molar-refractivity contribution >= 4 is 23.2 Å². The summed E-state index contributed by atoms with van der Waals surface area (Å²) < 4.78 is 50.1. The topological polar surface area (TPSA) is 29.1 Å². The molecule has 0 aromatic heterocycles. The first-order valence-electron chi connectivity index (χ1n) is 4.61. The maximum Gasteiger partial charge on any atom is 0.419 e. The fraction of sp³-hybridized carbons (Fsp3) is 0.300. The largest absolute Gasteiger partial charge is 0.419 e. The van der Waals surface area contributed by atoms with Gasteiger partial charge in [-0.3, -0.25) is 4.79 Å². The Bertz CT molecular complexity index is 445. The standard InChI is InChI=1S/C10H8ClF4NO/c1-2-9(17)16-8-4-7(12)5(3-6(8)11)10(13,14)15/h3-4H,2H2,1H3,(H,16,17). The highest BCUT2D eigenvalue weighted by Crippen LogP contribution is 2.36. The van der Waals surface area contributed by atoms with Crippen LogP contribution in [-0.4, -0.2) is 5.91 Å². The van der Waals surface area contributed by atoms with Gasteiger partial charge in [0.05, 0.1) is 16.3 Å². The van der Waals surface area contributed by atoms with Crippen molar-refractivity contribution in [2.24, 2.45) is 0 Å². The number of nitrogens with one attached hydrogen (secondary N) is 1.